The third-order valence-electron chi connectivity index (χ3n) is 2.03. The highest BCUT2D eigenvalue weighted by atomic mass is 16.6. The molecule has 0 aromatic rings. The van der Waals surface area contributed by atoms with Crippen molar-refractivity contribution < 1.29 is 19.4 Å². The largest absolute Gasteiger partial charge is 0.495 e. The monoisotopic (exact) mass is 198 g/mol. The van der Waals surface area contributed by atoms with E-state index in [1.807, 2.05) is 0 Å². The van der Waals surface area contributed by atoms with Crippen LogP contribution in [0.3, 0.4) is 0 Å². The fraction of sp³-hybridized carbons (Fsp3) is 0.500. The molecular formula is C10H14O4. The lowest BCUT2D eigenvalue weighted by atomic mass is 9.98. The normalized spacial score (nSPS) is 26.5. The van der Waals surface area contributed by atoms with E-state index in [1.165, 1.54) is 7.11 Å². The summed E-state index contributed by atoms with van der Waals surface area (Å²) in [6, 6.07) is 0. The highest BCUT2D eigenvalue weighted by molar-refractivity contribution is 5.74. The third kappa shape index (κ3) is 2.02. The Balaban J connectivity index is 2.92. The van der Waals surface area contributed by atoms with E-state index in [4.69, 9.17) is 9.47 Å². The first kappa shape index (κ1) is 10.9. The standard InChI is InChI=1S/C10H14O4/c1-3-14-10(12)6-8(7-11)4-5-9(10)13-2/h4-5,7,12H,3,6H2,1-2H3/t10-/m1/s1. The second-order valence-corrected chi connectivity index (χ2v) is 2.99. The SMILES string of the molecule is CCO[C@]1(O)CC(C=O)=CC=C1OC. The van der Waals surface area contributed by atoms with E-state index in [1.54, 1.807) is 19.1 Å². The van der Waals surface area contributed by atoms with Crippen LogP contribution in [0, 0.1) is 0 Å². The van der Waals surface area contributed by atoms with Crippen LogP contribution in [0.25, 0.3) is 0 Å². The van der Waals surface area contributed by atoms with Gasteiger partial charge < -0.3 is 14.6 Å². The Morgan fingerprint density at radius 2 is 2.36 bits per heavy atom. The number of aliphatic hydroxyl groups is 1. The summed E-state index contributed by atoms with van der Waals surface area (Å²) in [6.45, 7) is 2.12. The summed E-state index contributed by atoms with van der Waals surface area (Å²) in [6.07, 6.45) is 3.99. The Labute approximate surface area is 82.8 Å². The van der Waals surface area contributed by atoms with Gasteiger partial charge in [-0.2, -0.15) is 0 Å². The van der Waals surface area contributed by atoms with E-state index in [-0.39, 0.29) is 6.42 Å². The average Bonchev–Trinajstić information content (AvgIpc) is 2.17. The molecule has 0 saturated heterocycles. The summed E-state index contributed by atoms with van der Waals surface area (Å²) < 4.78 is 10.1. The topological polar surface area (TPSA) is 55.8 Å². The van der Waals surface area contributed by atoms with Crippen molar-refractivity contribution in [1.82, 2.24) is 0 Å². The van der Waals surface area contributed by atoms with Gasteiger partial charge in [0.1, 0.15) is 6.29 Å². The van der Waals surface area contributed by atoms with Crippen LogP contribution in [0.4, 0.5) is 0 Å². The number of hydrogen-bond acceptors (Lipinski definition) is 4. The van der Waals surface area contributed by atoms with E-state index in [9.17, 15) is 9.90 Å². The first-order chi connectivity index (χ1) is 6.66. The number of carbonyl (C=O) groups is 1. The molecule has 1 N–H and O–H groups in total. The smallest absolute Gasteiger partial charge is 0.229 e. The van der Waals surface area contributed by atoms with Crippen molar-refractivity contribution in [2.45, 2.75) is 19.1 Å². The molecule has 14 heavy (non-hydrogen) atoms. The van der Waals surface area contributed by atoms with Crippen LogP contribution < -0.4 is 0 Å². The van der Waals surface area contributed by atoms with Crippen LogP contribution in [0.5, 0.6) is 0 Å². The number of aldehydes is 1. The molecule has 0 fully saturated rings. The van der Waals surface area contributed by atoms with Crippen LogP contribution in [0.1, 0.15) is 13.3 Å². The van der Waals surface area contributed by atoms with Gasteiger partial charge >= 0.3 is 0 Å². The van der Waals surface area contributed by atoms with Crippen molar-refractivity contribution in [2.24, 2.45) is 0 Å². The van der Waals surface area contributed by atoms with Crippen LogP contribution in [0.2, 0.25) is 0 Å². The van der Waals surface area contributed by atoms with E-state index in [0.717, 1.165) is 0 Å². The number of carbonyl (C=O) groups excluding carboxylic acids is 1. The Morgan fingerprint density at radius 1 is 1.64 bits per heavy atom. The molecule has 78 valence electrons. The fourth-order valence-corrected chi connectivity index (χ4v) is 1.41. The van der Waals surface area contributed by atoms with Gasteiger partial charge in [-0.25, -0.2) is 0 Å². The molecule has 1 aliphatic rings. The van der Waals surface area contributed by atoms with Crippen molar-refractivity contribution >= 4 is 6.29 Å². The lowest BCUT2D eigenvalue weighted by molar-refractivity contribution is -0.194. The van der Waals surface area contributed by atoms with Crippen molar-refractivity contribution in [3.8, 4) is 0 Å². The quantitative estimate of drug-likeness (QED) is 0.535. The molecule has 0 aromatic heterocycles. The Kier molecular flexibility index (Phi) is 3.43. The molecule has 1 rings (SSSR count). The Morgan fingerprint density at radius 3 is 2.86 bits per heavy atom. The highest BCUT2D eigenvalue weighted by Crippen LogP contribution is 2.30. The van der Waals surface area contributed by atoms with Gasteiger partial charge in [0.15, 0.2) is 5.76 Å². The number of allylic oxidation sites excluding steroid dienone is 2. The predicted molar refractivity (Wildman–Crippen MR) is 50.4 cm³/mol. The minimum atomic E-state index is -1.49. The second kappa shape index (κ2) is 4.39. The van der Waals surface area contributed by atoms with Gasteiger partial charge in [-0.15, -0.1) is 0 Å². The maximum atomic E-state index is 10.5. The summed E-state index contributed by atoms with van der Waals surface area (Å²) >= 11 is 0. The molecule has 0 radical (unpaired) electrons. The summed E-state index contributed by atoms with van der Waals surface area (Å²) in [5, 5.41) is 10.0. The maximum absolute atomic E-state index is 10.5. The second-order valence-electron chi connectivity index (χ2n) is 2.99. The fourth-order valence-electron chi connectivity index (χ4n) is 1.41. The summed E-state index contributed by atoms with van der Waals surface area (Å²) in [5.41, 5.74) is 0.488. The summed E-state index contributed by atoms with van der Waals surface area (Å²) in [7, 11) is 1.45. The van der Waals surface area contributed by atoms with E-state index in [0.29, 0.717) is 24.2 Å². The van der Waals surface area contributed by atoms with Crippen LogP contribution in [0.15, 0.2) is 23.5 Å². The molecule has 0 saturated carbocycles. The average molecular weight is 198 g/mol. The predicted octanol–water partition coefficient (Wildman–Crippen LogP) is 0.771. The van der Waals surface area contributed by atoms with Gasteiger partial charge in [0.05, 0.1) is 7.11 Å². The van der Waals surface area contributed by atoms with Crippen molar-refractivity contribution in [3.05, 3.63) is 23.5 Å². The van der Waals surface area contributed by atoms with E-state index >= 15 is 0 Å². The molecule has 0 spiro atoms. The molecule has 4 nitrogen and oxygen atoms in total. The molecule has 0 heterocycles. The van der Waals surface area contributed by atoms with Crippen molar-refractivity contribution in [1.29, 1.82) is 0 Å². The summed E-state index contributed by atoms with van der Waals surface area (Å²) in [5.74, 6) is -1.17. The Bertz CT molecular complexity index is 280. The molecule has 0 unspecified atom stereocenters. The molecule has 0 aromatic carbocycles. The molecule has 0 aliphatic heterocycles. The minimum Gasteiger partial charge on any atom is -0.495 e. The molecular weight excluding hydrogens is 184 g/mol. The molecule has 0 bridgehead atoms. The van der Waals surface area contributed by atoms with Crippen LogP contribution in [-0.2, 0) is 14.3 Å². The highest BCUT2D eigenvalue weighted by Gasteiger charge is 2.36. The minimum absolute atomic E-state index is 0.129. The van der Waals surface area contributed by atoms with Gasteiger partial charge in [-0.3, -0.25) is 4.79 Å². The Hall–Kier alpha value is -1.13. The molecule has 1 aliphatic carbocycles. The lowest BCUT2D eigenvalue weighted by Gasteiger charge is -2.31. The van der Waals surface area contributed by atoms with E-state index in [2.05, 4.69) is 0 Å². The number of methoxy groups -OCH3 is 1. The van der Waals surface area contributed by atoms with Crippen LogP contribution >= 0.6 is 0 Å². The van der Waals surface area contributed by atoms with Gasteiger partial charge in [0.2, 0.25) is 5.79 Å². The molecule has 0 amide bonds. The lowest BCUT2D eigenvalue weighted by Crippen LogP contribution is -2.37. The van der Waals surface area contributed by atoms with E-state index < -0.39 is 5.79 Å². The summed E-state index contributed by atoms with van der Waals surface area (Å²) in [4.78, 5) is 10.5. The number of hydrogen-bond donors (Lipinski definition) is 1. The molecule has 4 heteroatoms. The zero-order chi connectivity index (χ0) is 10.6. The van der Waals surface area contributed by atoms with Crippen molar-refractivity contribution in [2.75, 3.05) is 13.7 Å². The zero-order valence-electron chi connectivity index (χ0n) is 8.32. The number of rotatable bonds is 4. The molecule has 1 atom stereocenters. The third-order valence-corrected chi connectivity index (χ3v) is 2.03. The van der Waals surface area contributed by atoms with Crippen LogP contribution in [-0.4, -0.2) is 30.9 Å². The van der Waals surface area contributed by atoms with Crippen molar-refractivity contribution in [3.63, 3.8) is 0 Å². The van der Waals surface area contributed by atoms with Gasteiger partial charge in [0, 0.05) is 13.0 Å². The van der Waals surface area contributed by atoms with Gasteiger partial charge in [-0.1, -0.05) is 6.08 Å². The van der Waals surface area contributed by atoms with Gasteiger partial charge in [0.25, 0.3) is 0 Å². The number of ether oxygens (including phenoxy) is 2. The maximum Gasteiger partial charge on any atom is 0.229 e. The first-order valence-electron chi connectivity index (χ1n) is 4.43. The zero-order valence-corrected chi connectivity index (χ0v) is 8.32. The first-order valence-corrected chi connectivity index (χ1v) is 4.43. The van der Waals surface area contributed by atoms with Gasteiger partial charge in [-0.05, 0) is 18.6 Å².